The Morgan fingerprint density at radius 3 is 0.875 bits per heavy atom. The van der Waals surface area contributed by atoms with Crippen LogP contribution in [0.3, 0.4) is 0 Å². The van der Waals surface area contributed by atoms with E-state index in [1.807, 2.05) is 0 Å². The standard InChI is InChI=1S/C10H8N4O2/c11-1-5-6(2-12)10(16)8(4-14)7(3-13)9(5)15/h5-10,15-16H. The molecule has 1 aliphatic rings. The maximum Gasteiger partial charge on any atom is 0.0919 e. The SMILES string of the molecule is N#CC1C(O)C(C#N)C(C#N)C(O)C1C#N. The summed E-state index contributed by atoms with van der Waals surface area (Å²) in [7, 11) is 0. The molecule has 0 spiro atoms. The zero-order valence-corrected chi connectivity index (χ0v) is 8.15. The van der Waals surface area contributed by atoms with Crippen LogP contribution in [0.4, 0.5) is 0 Å². The van der Waals surface area contributed by atoms with Crippen molar-refractivity contribution in [3.63, 3.8) is 0 Å². The summed E-state index contributed by atoms with van der Waals surface area (Å²) in [5.41, 5.74) is 0. The van der Waals surface area contributed by atoms with E-state index < -0.39 is 35.9 Å². The molecule has 1 fully saturated rings. The normalized spacial score (nSPS) is 42.1. The van der Waals surface area contributed by atoms with Crippen LogP contribution >= 0.6 is 0 Å². The van der Waals surface area contributed by atoms with Crippen molar-refractivity contribution in [2.75, 3.05) is 0 Å². The van der Waals surface area contributed by atoms with Crippen LogP contribution in [0.25, 0.3) is 0 Å². The van der Waals surface area contributed by atoms with Crippen LogP contribution in [-0.2, 0) is 0 Å². The lowest BCUT2D eigenvalue weighted by Gasteiger charge is -2.37. The predicted octanol–water partition coefficient (Wildman–Crippen LogP) is -0.719. The lowest BCUT2D eigenvalue weighted by atomic mass is 9.66. The molecule has 4 unspecified atom stereocenters. The lowest BCUT2D eigenvalue weighted by molar-refractivity contribution is -0.0510. The maximum absolute atomic E-state index is 9.69. The number of nitriles is 4. The van der Waals surface area contributed by atoms with E-state index in [1.54, 1.807) is 24.3 Å². The van der Waals surface area contributed by atoms with Gasteiger partial charge in [-0.2, -0.15) is 21.0 Å². The number of hydrogen-bond donors (Lipinski definition) is 2. The van der Waals surface area contributed by atoms with Crippen LogP contribution in [0.2, 0.25) is 0 Å². The second-order valence-corrected chi connectivity index (χ2v) is 3.60. The average Bonchev–Trinajstić information content (AvgIpc) is 2.30. The molecule has 4 atom stereocenters. The molecule has 1 saturated carbocycles. The smallest absolute Gasteiger partial charge is 0.0919 e. The Hall–Kier alpha value is -2.12. The van der Waals surface area contributed by atoms with Gasteiger partial charge in [-0.1, -0.05) is 0 Å². The highest BCUT2D eigenvalue weighted by Crippen LogP contribution is 2.37. The summed E-state index contributed by atoms with van der Waals surface area (Å²) in [5.74, 6) is -4.58. The van der Waals surface area contributed by atoms with Gasteiger partial charge in [-0.05, 0) is 0 Å². The summed E-state index contributed by atoms with van der Waals surface area (Å²) < 4.78 is 0. The van der Waals surface area contributed by atoms with Gasteiger partial charge in [0.1, 0.15) is 0 Å². The van der Waals surface area contributed by atoms with Gasteiger partial charge in [0, 0.05) is 0 Å². The molecular formula is C10H8N4O2. The third-order valence-electron chi connectivity index (χ3n) is 2.84. The van der Waals surface area contributed by atoms with Gasteiger partial charge in [-0.25, -0.2) is 0 Å². The van der Waals surface area contributed by atoms with E-state index in [1.165, 1.54) is 0 Å². The summed E-state index contributed by atoms with van der Waals surface area (Å²) in [6, 6.07) is 6.80. The third-order valence-corrected chi connectivity index (χ3v) is 2.84. The minimum absolute atomic E-state index is 1.14. The molecular weight excluding hydrogens is 208 g/mol. The Morgan fingerprint density at radius 1 is 0.562 bits per heavy atom. The molecule has 0 aromatic carbocycles. The predicted molar refractivity (Wildman–Crippen MR) is 48.4 cm³/mol. The van der Waals surface area contributed by atoms with Gasteiger partial charge in [0.05, 0.1) is 60.2 Å². The van der Waals surface area contributed by atoms with Crippen LogP contribution in [-0.4, -0.2) is 22.4 Å². The largest absolute Gasteiger partial charge is 0.390 e. The lowest BCUT2D eigenvalue weighted by Crippen LogP contribution is -2.50. The summed E-state index contributed by atoms with van der Waals surface area (Å²) >= 11 is 0. The first-order valence-corrected chi connectivity index (χ1v) is 4.57. The molecule has 0 radical (unpaired) electrons. The summed E-state index contributed by atoms with van der Waals surface area (Å²) in [6.45, 7) is 0. The topological polar surface area (TPSA) is 136 Å². The monoisotopic (exact) mass is 216 g/mol. The molecule has 2 N–H and O–H groups in total. The summed E-state index contributed by atoms with van der Waals surface area (Å²) in [5, 5.41) is 54.5. The Labute approximate surface area is 92.2 Å². The molecule has 16 heavy (non-hydrogen) atoms. The van der Waals surface area contributed by atoms with E-state index in [2.05, 4.69) is 0 Å². The Kier molecular flexibility index (Phi) is 3.44. The fourth-order valence-electron chi connectivity index (χ4n) is 1.92. The number of hydrogen-bond acceptors (Lipinski definition) is 6. The highest BCUT2D eigenvalue weighted by molar-refractivity contribution is 5.18. The van der Waals surface area contributed by atoms with E-state index in [9.17, 15) is 10.2 Å². The Balaban J connectivity index is 3.17. The molecule has 0 saturated heterocycles. The molecule has 1 rings (SSSR count). The van der Waals surface area contributed by atoms with Gasteiger partial charge in [0.2, 0.25) is 0 Å². The van der Waals surface area contributed by atoms with Gasteiger partial charge in [-0.15, -0.1) is 0 Å². The molecule has 6 heteroatoms. The van der Waals surface area contributed by atoms with Crippen molar-refractivity contribution in [1.29, 1.82) is 21.0 Å². The van der Waals surface area contributed by atoms with Gasteiger partial charge in [0.15, 0.2) is 0 Å². The number of nitrogens with zero attached hydrogens (tertiary/aromatic N) is 4. The zero-order chi connectivity index (χ0) is 12.3. The molecule has 0 aromatic rings. The fourth-order valence-corrected chi connectivity index (χ4v) is 1.92. The van der Waals surface area contributed by atoms with E-state index in [-0.39, 0.29) is 0 Å². The van der Waals surface area contributed by atoms with Crippen molar-refractivity contribution in [2.24, 2.45) is 23.7 Å². The van der Waals surface area contributed by atoms with Gasteiger partial charge in [-0.3, -0.25) is 0 Å². The van der Waals surface area contributed by atoms with Crippen molar-refractivity contribution in [3.05, 3.63) is 0 Å². The van der Waals surface area contributed by atoms with E-state index in [0.717, 1.165) is 0 Å². The molecule has 0 amide bonds. The van der Waals surface area contributed by atoms with Gasteiger partial charge in [0.25, 0.3) is 0 Å². The molecule has 6 nitrogen and oxygen atoms in total. The van der Waals surface area contributed by atoms with E-state index in [0.29, 0.717) is 0 Å². The van der Waals surface area contributed by atoms with Crippen LogP contribution in [0.1, 0.15) is 0 Å². The quantitative estimate of drug-likeness (QED) is 0.548. The molecule has 80 valence electrons. The van der Waals surface area contributed by atoms with Crippen LogP contribution in [0.5, 0.6) is 0 Å². The fraction of sp³-hybridized carbons (Fsp3) is 0.600. The number of rotatable bonds is 0. The van der Waals surface area contributed by atoms with Crippen LogP contribution in [0, 0.1) is 69.0 Å². The summed E-state index contributed by atoms with van der Waals surface area (Å²) in [4.78, 5) is 0. The minimum Gasteiger partial charge on any atom is -0.390 e. The van der Waals surface area contributed by atoms with Crippen molar-refractivity contribution in [3.8, 4) is 24.3 Å². The molecule has 0 heterocycles. The van der Waals surface area contributed by atoms with E-state index in [4.69, 9.17) is 21.0 Å². The van der Waals surface area contributed by atoms with Crippen molar-refractivity contribution in [2.45, 2.75) is 12.2 Å². The third kappa shape index (κ3) is 1.58. The molecule has 1 aliphatic carbocycles. The highest BCUT2D eigenvalue weighted by Gasteiger charge is 2.50. The molecule has 0 aliphatic heterocycles. The molecule has 0 bridgehead atoms. The Morgan fingerprint density at radius 2 is 0.750 bits per heavy atom. The second-order valence-electron chi connectivity index (χ2n) is 3.60. The minimum atomic E-state index is -1.38. The second kappa shape index (κ2) is 4.60. The number of aliphatic hydroxyl groups is 2. The first-order chi connectivity index (χ1) is 7.62. The van der Waals surface area contributed by atoms with Crippen LogP contribution < -0.4 is 0 Å². The number of aliphatic hydroxyl groups excluding tert-OH is 2. The van der Waals surface area contributed by atoms with Gasteiger partial charge >= 0.3 is 0 Å². The Bertz CT molecular complexity index is 354. The van der Waals surface area contributed by atoms with Crippen LogP contribution in [0.15, 0.2) is 0 Å². The van der Waals surface area contributed by atoms with E-state index >= 15 is 0 Å². The van der Waals surface area contributed by atoms with Crippen molar-refractivity contribution in [1.82, 2.24) is 0 Å². The highest BCUT2D eigenvalue weighted by atomic mass is 16.3. The zero-order valence-electron chi connectivity index (χ0n) is 8.15. The van der Waals surface area contributed by atoms with Crippen molar-refractivity contribution < 1.29 is 10.2 Å². The maximum atomic E-state index is 9.69. The summed E-state index contributed by atoms with van der Waals surface area (Å²) in [6.07, 6.45) is -2.76. The molecule has 0 aromatic heterocycles. The first-order valence-electron chi connectivity index (χ1n) is 4.57. The average molecular weight is 216 g/mol. The van der Waals surface area contributed by atoms with Crippen molar-refractivity contribution >= 4 is 0 Å². The first kappa shape index (κ1) is 12.0. The van der Waals surface area contributed by atoms with Gasteiger partial charge < -0.3 is 10.2 Å².